The highest BCUT2D eigenvalue weighted by Gasteiger charge is 2.12. The monoisotopic (exact) mass is 240 g/mol. The quantitative estimate of drug-likeness (QED) is 0.852. The molecule has 1 rings (SSSR count). The third-order valence-electron chi connectivity index (χ3n) is 2.42. The highest BCUT2D eigenvalue weighted by Crippen LogP contribution is 2.15. The molecule has 1 aromatic rings. The number of carboxylic acids is 1. The van der Waals surface area contributed by atoms with E-state index in [0.29, 0.717) is 11.9 Å². The van der Waals surface area contributed by atoms with Crippen molar-refractivity contribution < 1.29 is 9.90 Å². The fourth-order valence-corrected chi connectivity index (χ4v) is 2.03. The van der Waals surface area contributed by atoms with Crippen molar-refractivity contribution in [1.29, 1.82) is 0 Å². The number of carboxylic acid groups (broad SMARTS) is 1. The van der Waals surface area contributed by atoms with E-state index in [4.69, 9.17) is 5.11 Å². The molecule has 0 saturated carbocycles. The van der Waals surface area contributed by atoms with Crippen molar-refractivity contribution >= 4 is 23.5 Å². The highest BCUT2D eigenvalue weighted by molar-refractivity contribution is 7.98. The maximum atomic E-state index is 10.8. The lowest BCUT2D eigenvalue weighted by Crippen LogP contribution is -2.31. The third-order valence-corrected chi connectivity index (χ3v) is 3.24. The molecular formula is C11H16N2O2S. The van der Waals surface area contributed by atoms with Crippen LogP contribution in [0.4, 0.5) is 5.82 Å². The van der Waals surface area contributed by atoms with Crippen LogP contribution in [0, 0.1) is 0 Å². The molecule has 1 atom stereocenters. The first-order chi connectivity index (χ1) is 7.56. The van der Waals surface area contributed by atoms with E-state index >= 15 is 0 Å². The molecule has 0 aliphatic heterocycles. The molecule has 0 aliphatic rings. The average molecular weight is 240 g/mol. The van der Waals surface area contributed by atoms with Gasteiger partial charge in [0.1, 0.15) is 5.82 Å². The van der Waals surface area contributed by atoms with E-state index in [9.17, 15) is 4.79 Å². The fraction of sp³-hybridized carbons (Fsp3) is 0.455. The van der Waals surface area contributed by atoms with E-state index in [0.717, 1.165) is 5.75 Å². The number of thioether (sulfide) groups is 1. The van der Waals surface area contributed by atoms with Gasteiger partial charge in [-0.3, -0.25) is 0 Å². The zero-order valence-corrected chi connectivity index (χ0v) is 10.5. The van der Waals surface area contributed by atoms with E-state index in [2.05, 4.69) is 11.9 Å². The second-order valence-electron chi connectivity index (χ2n) is 3.62. The minimum Gasteiger partial charge on any atom is -0.478 e. The van der Waals surface area contributed by atoms with Crippen LogP contribution in [0.2, 0.25) is 0 Å². The molecule has 1 N–H and O–H groups in total. The Morgan fingerprint density at radius 3 is 2.94 bits per heavy atom. The minimum absolute atomic E-state index is 0.271. The molecule has 5 heteroatoms. The molecule has 4 nitrogen and oxygen atoms in total. The van der Waals surface area contributed by atoms with Gasteiger partial charge in [-0.15, -0.1) is 0 Å². The number of hydrogen-bond donors (Lipinski definition) is 1. The average Bonchev–Trinajstić information content (AvgIpc) is 2.28. The van der Waals surface area contributed by atoms with E-state index in [-0.39, 0.29) is 5.56 Å². The molecule has 0 bridgehead atoms. The zero-order valence-electron chi connectivity index (χ0n) is 9.67. The Morgan fingerprint density at radius 1 is 1.69 bits per heavy atom. The Balaban J connectivity index is 2.86. The zero-order chi connectivity index (χ0) is 12.1. The lowest BCUT2D eigenvalue weighted by atomic mass is 10.2. The van der Waals surface area contributed by atoms with Gasteiger partial charge in [-0.2, -0.15) is 11.8 Å². The topological polar surface area (TPSA) is 53.4 Å². The van der Waals surface area contributed by atoms with Crippen molar-refractivity contribution in [3.63, 3.8) is 0 Å². The van der Waals surface area contributed by atoms with Crippen LogP contribution >= 0.6 is 11.8 Å². The molecule has 0 amide bonds. The summed E-state index contributed by atoms with van der Waals surface area (Å²) < 4.78 is 0. The standard InChI is InChI=1S/C11H16N2O2S/c1-8(7-16-3)13(2)10-6-9(11(14)15)4-5-12-10/h4-6,8H,7H2,1-3H3,(H,14,15). The smallest absolute Gasteiger partial charge is 0.335 e. The summed E-state index contributed by atoms with van der Waals surface area (Å²) in [5.41, 5.74) is 0.271. The lowest BCUT2D eigenvalue weighted by molar-refractivity contribution is 0.0697. The van der Waals surface area contributed by atoms with E-state index in [1.165, 1.54) is 12.3 Å². The molecule has 0 aliphatic carbocycles. The second kappa shape index (κ2) is 5.75. The van der Waals surface area contributed by atoms with Crippen molar-refractivity contribution in [1.82, 2.24) is 4.98 Å². The summed E-state index contributed by atoms with van der Waals surface area (Å²) in [6, 6.07) is 3.42. The molecule has 0 radical (unpaired) electrons. The van der Waals surface area contributed by atoms with Crippen LogP contribution in [0.5, 0.6) is 0 Å². The van der Waals surface area contributed by atoms with Crippen LogP contribution in [-0.2, 0) is 0 Å². The molecule has 1 unspecified atom stereocenters. The number of nitrogens with zero attached hydrogens (tertiary/aromatic N) is 2. The maximum Gasteiger partial charge on any atom is 0.335 e. The Morgan fingerprint density at radius 2 is 2.38 bits per heavy atom. The number of pyridine rings is 1. The first-order valence-corrected chi connectivity index (χ1v) is 6.36. The SMILES string of the molecule is CSCC(C)N(C)c1cc(C(=O)O)ccn1. The highest BCUT2D eigenvalue weighted by atomic mass is 32.2. The first-order valence-electron chi connectivity index (χ1n) is 4.97. The van der Waals surface area contributed by atoms with Crippen LogP contribution in [-0.4, -0.2) is 41.2 Å². The predicted octanol–water partition coefficient (Wildman–Crippen LogP) is 1.97. The fourth-order valence-electron chi connectivity index (χ4n) is 1.32. The molecule has 88 valence electrons. The number of rotatable bonds is 5. The van der Waals surface area contributed by atoms with Gasteiger partial charge in [0, 0.05) is 25.0 Å². The summed E-state index contributed by atoms with van der Waals surface area (Å²) in [6.07, 6.45) is 3.58. The van der Waals surface area contributed by atoms with Gasteiger partial charge in [-0.1, -0.05) is 0 Å². The van der Waals surface area contributed by atoms with E-state index in [1.54, 1.807) is 17.8 Å². The molecular weight excluding hydrogens is 224 g/mol. The molecule has 16 heavy (non-hydrogen) atoms. The largest absolute Gasteiger partial charge is 0.478 e. The molecule has 0 spiro atoms. The lowest BCUT2D eigenvalue weighted by Gasteiger charge is -2.25. The van der Waals surface area contributed by atoms with Crippen LogP contribution in [0.1, 0.15) is 17.3 Å². The Hall–Kier alpha value is -1.23. The van der Waals surface area contributed by atoms with Gasteiger partial charge in [0.2, 0.25) is 0 Å². The van der Waals surface area contributed by atoms with Gasteiger partial charge in [-0.25, -0.2) is 9.78 Å². The third kappa shape index (κ3) is 3.13. The van der Waals surface area contributed by atoms with Gasteiger partial charge in [0.25, 0.3) is 0 Å². The van der Waals surface area contributed by atoms with Crippen molar-refractivity contribution in [2.24, 2.45) is 0 Å². The van der Waals surface area contributed by atoms with Gasteiger partial charge < -0.3 is 10.0 Å². The summed E-state index contributed by atoms with van der Waals surface area (Å²) in [5.74, 6) is 0.756. The number of hydrogen-bond acceptors (Lipinski definition) is 4. The number of anilines is 1. The van der Waals surface area contributed by atoms with Crippen molar-refractivity contribution in [2.75, 3.05) is 24.0 Å². The molecule has 0 fully saturated rings. The number of aromatic nitrogens is 1. The minimum atomic E-state index is -0.922. The summed E-state index contributed by atoms with van der Waals surface area (Å²) in [5, 5.41) is 8.88. The molecule has 1 heterocycles. The summed E-state index contributed by atoms with van der Waals surface area (Å²) in [4.78, 5) is 17.0. The van der Waals surface area contributed by atoms with Crippen LogP contribution in [0.3, 0.4) is 0 Å². The van der Waals surface area contributed by atoms with Crippen molar-refractivity contribution in [3.05, 3.63) is 23.9 Å². The number of carbonyl (C=O) groups is 1. The second-order valence-corrected chi connectivity index (χ2v) is 4.53. The molecule has 1 aromatic heterocycles. The van der Waals surface area contributed by atoms with Crippen LogP contribution in [0.15, 0.2) is 18.3 Å². The van der Waals surface area contributed by atoms with Crippen LogP contribution < -0.4 is 4.90 Å². The van der Waals surface area contributed by atoms with Crippen molar-refractivity contribution in [2.45, 2.75) is 13.0 Å². The normalized spacial score (nSPS) is 12.2. The predicted molar refractivity (Wildman–Crippen MR) is 67.4 cm³/mol. The molecule has 0 aromatic carbocycles. The Labute approximate surface area is 99.7 Å². The van der Waals surface area contributed by atoms with Gasteiger partial charge in [0.05, 0.1) is 5.56 Å². The number of aromatic carboxylic acids is 1. The first kappa shape index (κ1) is 12.8. The van der Waals surface area contributed by atoms with Crippen LogP contribution in [0.25, 0.3) is 0 Å². The van der Waals surface area contributed by atoms with Gasteiger partial charge in [0.15, 0.2) is 0 Å². The summed E-state index contributed by atoms with van der Waals surface area (Å²) in [7, 11) is 1.93. The summed E-state index contributed by atoms with van der Waals surface area (Å²) in [6.45, 7) is 2.09. The van der Waals surface area contributed by atoms with Crippen molar-refractivity contribution in [3.8, 4) is 0 Å². The van der Waals surface area contributed by atoms with E-state index in [1.807, 2.05) is 18.2 Å². The summed E-state index contributed by atoms with van der Waals surface area (Å²) >= 11 is 1.76. The molecule has 0 saturated heterocycles. The van der Waals surface area contributed by atoms with Gasteiger partial charge in [-0.05, 0) is 25.3 Å². The maximum absolute atomic E-state index is 10.8. The van der Waals surface area contributed by atoms with E-state index < -0.39 is 5.97 Å². The Kier molecular flexibility index (Phi) is 4.61. The Bertz CT molecular complexity index is 371. The van der Waals surface area contributed by atoms with Gasteiger partial charge >= 0.3 is 5.97 Å².